The Bertz CT molecular complexity index is 1640. The molecular weight excluding hydrogens is 543 g/mol. The van der Waals surface area contributed by atoms with Gasteiger partial charge in [0.2, 0.25) is 0 Å². The van der Waals surface area contributed by atoms with Crippen molar-refractivity contribution in [3.63, 3.8) is 0 Å². The van der Waals surface area contributed by atoms with Gasteiger partial charge in [0.05, 0.1) is 28.8 Å². The molecule has 0 aliphatic heterocycles. The van der Waals surface area contributed by atoms with Crippen LogP contribution in [0.3, 0.4) is 0 Å². The van der Waals surface area contributed by atoms with Gasteiger partial charge in [-0.2, -0.15) is 13.2 Å². The molecule has 0 aliphatic rings. The number of hydrogen-bond donors (Lipinski definition) is 1. The van der Waals surface area contributed by atoms with Gasteiger partial charge in [-0.05, 0) is 41.5 Å². The zero-order valence-corrected chi connectivity index (χ0v) is 21.2. The zero-order chi connectivity index (χ0) is 27.2. The Kier molecular flexibility index (Phi) is 6.63. The Morgan fingerprint density at radius 1 is 0.947 bits per heavy atom. The normalized spacial score (nSPS) is 13.6. The second kappa shape index (κ2) is 9.65. The van der Waals surface area contributed by atoms with Gasteiger partial charge in [0.1, 0.15) is 16.7 Å². The van der Waals surface area contributed by atoms with Gasteiger partial charge < -0.3 is 9.67 Å². The van der Waals surface area contributed by atoms with Crippen LogP contribution >= 0.6 is 23.2 Å². The molecule has 0 saturated heterocycles. The van der Waals surface area contributed by atoms with Crippen molar-refractivity contribution >= 4 is 34.1 Å². The van der Waals surface area contributed by atoms with Crippen LogP contribution in [0, 0.1) is 5.82 Å². The van der Waals surface area contributed by atoms with Crippen molar-refractivity contribution in [1.29, 1.82) is 0 Å². The molecule has 0 bridgehead atoms. The highest BCUT2D eigenvalue weighted by Gasteiger charge is 2.39. The maximum Gasteiger partial charge on any atom is 0.433 e. The van der Waals surface area contributed by atoms with Gasteiger partial charge >= 0.3 is 6.18 Å². The minimum Gasteiger partial charge on any atom is -0.374 e. The SMILES string of the molecule is Cn1cncc1C(O)(c1ccc(C(F)(F)F)nc1)c1ccc2nc(Cl)c(Cc3ccc(F)cc3)c(Cl)c2c1. The molecule has 0 saturated carbocycles. The van der Waals surface area contributed by atoms with Crippen molar-refractivity contribution in [3.05, 3.63) is 123 Å². The van der Waals surface area contributed by atoms with Crippen molar-refractivity contribution in [2.45, 2.75) is 18.2 Å². The lowest BCUT2D eigenvalue weighted by atomic mass is 9.83. The van der Waals surface area contributed by atoms with Crippen LogP contribution < -0.4 is 0 Å². The number of nitrogens with zero attached hydrogens (tertiary/aromatic N) is 4. The van der Waals surface area contributed by atoms with Crippen LogP contribution in [0.2, 0.25) is 10.2 Å². The standard InChI is InChI=1S/C27H18Cl2F4N4O/c1-37-14-34-13-23(37)26(38,17-5-9-22(35-12-17)27(31,32)33)16-4-8-21-19(11-16)24(28)20(25(29)36-21)10-15-2-6-18(30)7-3-15/h2-9,11-14,38H,10H2,1H3. The van der Waals surface area contributed by atoms with Crippen molar-refractivity contribution in [3.8, 4) is 0 Å². The lowest BCUT2D eigenvalue weighted by molar-refractivity contribution is -0.141. The summed E-state index contributed by atoms with van der Waals surface area (Å²) >= 11 is 13.2. The molecule has 38 heavy (non-hydrogen) atoms. The van der Waals surface area contributed by atoms with E-state index in [0.29, 0.717) is 27.7 Å². The van der Waals surface area contributed by atoms with Crippen LogP contribution in [0.25, 0.3) is 10.9 Å². The summed E-state index contributed by atoms with van der Waals surface area (Å²) in [5.41, 5.74) is -0.616. The van der Waals surface area contributed by atoms with E-state index in [9.17, 15) is 22.7 Å². The molecule has 3 aromatic heterocycles. The van der Waals surface area contributed by atoms with E-state index in [1.54, 1.807) is 41.9 Å². The first-order valence-corrected chi connectivity index (χ1v) is 12.0. The largest absolute Gasteiger partial charge is 0.433 e. The molecule has 5 nitrogen and oxygen atoms in total. The molecule has 0 radical (unpaired) electrons. The number of halogens is 6. The Morgan fingerprint density at radius 2 is 1.66 bits per heavy atom. The lowest BCUT2D eigenvalue weighted by Crippen LogP contribution is -2.31. The first-order valence-electron chi connectivity index (χ1n) is 11.2. The quantitative estimate of drug-likeness (QED) is 0.192. The minimum atomic E-state index is -4.63. The van der Waals surface area contributed by atoms with Crippen LogP contribution in [-0.2, 0) is 25.2 Å². The highest BCUT2D eigenvalue weighted by atomic mass is 35.5. The summed E-state index contributed by atoms with van der Waals surface area (Å²) in [6.07, 6.45) is -0.481. The van der Waals surface area contributed by atoms with E-state index >= 15 is 0 Å². The fraction of sp³-hybridized carbons (Fsp3) is 0.148. The summed E-state index contributed by atoms with van der Waals surface area (Å²) < 4.78 is 54.4. The summed E-state index contributed by atoms with van der Waals surface area (Å²) in [5, 5.41) is 13.0. The third-order valence-corrected chi connectivity index (χ3v) is 7.08. The number of fused-ring (bicyclic) bond motifs is 1. The third kappa shape index (κ3) is 4.62. The van der Waals surface area contributed by atoms with E-state index in [-0.39, 0.29) is 28.0 Å². The molecule has 1 unspecified atom stereocenters. The van der Waals surface area contributed by atoms with Crippen LogP contribution in [0.4, 0.5) is 17.6 Å². The predicted octanol–water partition coefficient (Wildman–Crippen LogP) is 6.70. The van der Waals surface area contributed by atoms with E-state index in [1.807, 2.05) is 0 Å². The number of benzene rings is 2. The summed E-state index contributed by atoms with van der Waals surface area (Å²) in [7, 11) is 1.65. The number of pyridine rings is 2. The first-order chi connectivity index (χ1) is 18.0. The van der Waals surface area contributed by atoms with Gasteiger partial charge in [0, 0.05) is 36.2 Å². The Hall–Kier alpha value is -3.53. The topological polar surface area (TPSA) is 63.8 Å². The minimum absolute atomic E-state index is 0.0954. The van der Waals surface area contributed by atoms with E-state index in [0.717, 1.165) is 17.8 Å². The van der Waals surface area contributed by atoms with Crippen LogP contribution in [0.1, 0.15) is 33.6 Å². The summed E-state index contributed by atoms with van der Waals surface area (Å²) in [5.74, 6) is -0.376. The van der Waals surface area contributed by atoms with Gasteiger partial charge in [0.25, 0.3) is 0 Å². The molecule has 11 heteroatoms. The van der Waals surface area contributed by atoms with Gasteiger partial charge in [-0.25, -0.2) is 14.4 Å². The van der Waals surface area contributed by atoms with Gasteiger partial charge in [-0.1, -0.05) is 47.5 Å². The first kappa shape index (κ1) is 26.1. The fourth-order valence-electron chi connectivity index (χ4n) is 4.36. The summed E-state index contributed by atoms with van der Waals surface area (Å²) in [4.78, 5) is 12.1. The summed E-state index contributed by atoms with van der Waals surface area (Å²) in [6.45, 7) is 0. The van der Waals surface area contributed by atoms with Gasteiger partial charge in [0.15, 0.2) is 5.60 Å². The number of alkyl halides is 3. The maximum atomic E-state index is 13.4. The highest BCUT2D eigenvalue weighted by molar-refractivity contribution is 6.39. The maximum absolute atomic E-state index is 13.4. The van der Waals surface area contributed by atoms with Crippen molar-refractivity contribution in [2.75, 3.05) is 0 Å². The predicted molar refractivity (Wildman–Crippen MR) is 136 cm³/mol. The second-order valence-electron chi connectivity index (χ2n) is 8.76. The molecule has 1 atom stereocenters. The molecule has 0 fully saturated rings. The molecule has 1 N–H and O–H groups in total. The molecule has 5 rings (SSSR count). The van der Waals surface area contributed by atoms with E-state index < -0.39 is 17.5 Å². The van der Waals surface area contributed by atoms with Crippen LogP contribution in [-0.4, -0.2) is 24.6 Å². The highest BCUT2D eigenvalue weighted by Crippen LogP contribution is 2.40. The molecule has 0 spiro atoms. The molecular formula is C27H18Cl2F4N4O. The van der Waals surface area contributed by atoms with Crippen molar-refractivity contribution in [2.24, 2.45) is 7.05 Å². The molecule has 0 amide bonds. The number of aliphatic hydroxyl groups is 1. The third-order valence-electron chi connectivity index (χ3n) is 6.34. The number of imidazole rings is 1. The van der Waals surface area contributed by atoms with E-state index in [4.69, 9.17) is 23.2 Å². The lowest BCUT2D eigenvalue weighted by Gasteiger charge is -2.30. The van der Waals surface area contributed by atoms with E-state index in [2.05, 4.69) is 15.0 Å². The number of aromatic nitrogens is 4. The second-order valence-corrected chi connectivity index (χ2v) is 9.50. The molecule has 2 aromatic carbocycles. The Morgan fingerprint density at radius 3 is 2.26 bits per heavy atom. The Labute approximate surface area is 224 Å². The van der Waals surface area contributed by atoms with Crippen LogP contribution in [0.5, 0.6) is 0 Å². The van der Waals surface area contributed by atoms with Crippen LogP contribution in [0.15, 0.2) is 73.3 Å². The Balaban J connectivity index is 1.68. The monoisotopic (exact) mass is 560 g/mol. The molecule has 3 heterocycles. The number of hydrogen-bond acceptors (Lipinski definition) is 4. The average Bonchev–Trinajstić information content (AvgIpc) is 3.33. The van der Waals surface area contributed by atoms with E-state index in [1.165, 1.54) is 30.7 Å². The van der Waals surface area contributed by atoms with Crippen molar-refractivity contribution in [1.82, 2.24) is 19.5 Å². The molecule has 194 valence electrons. The summed E-state index contributed by atoms with van der Waals surface area (Å²) in [6, 6.07) is 12.7. The van der Waals surface area contributed by atoms with Gasteiger partial charge in [-0.3, -0.25) is 4.98 Å². The number of aryl methyl sites for hydroxylation is 1. The van der Waals surface area contributed by atoms with Gasteiger partial charge in [-0.15, -0.1) is 0 Å². The number of rotatable bonds is 5. The average molecular weight is 561 g/mol. The molecule has 0 aliphatic carbocycles. The zero-order valence-electron chi connectivity index (χ0n) is 19.6. The van der Waals surface area contributed by atoms with Crippen molar-refractivity contribution < 1.29 is 22.7 Å². The fourth-order valence-corrected chi connectivity index (χ4v) is 4.97. The smallest absolute Gasteiger partial charge is 0.374 e. The molecule has 5 aromatic rings.